The maximum absolute atomic E-state index is 12.6. The van der Waals surface area contributed by atoms with Crippen molar-refractivity contribution >= 4 is 35.5 Å². The van der Waals surface area contributed by atoms with E-state index in [4.69, 9.17) is 26.8 Å². The number of amides is 4. The first kappa shape index (κ1) is 20.2. The molecule has 0 aromatic heterocycles. The monoisotopic (exact) mass is 415 g/mol. The Kier molecular flexibility index (Phi) is 6.04. The van der Waals surface area contributed by atoms with E-state index in [2.05, 4.69) is 5.32 Å². The Labute approximate surface area is 171 Å². The second kappa shape index (κ2) is 8.66. The molecular weight excluding hydrogens is 398 g/mol. The molecule has 0 saturated carbocycles. The lowest BCUT2D eigenvalue weighted by Gasteiger charge is -2.11. The van der Waals surface area contributed by atoms with Crippen molar-refractivity contribution in [3.8, 4) is 11.5 Å². The van der Waals surface area contributed by atoms with Crippen molar-refractivity contribution in [1.29, 1.82) is 0 Å². The highest BCUT2D eigenvalue weighted by atomic mass is 35.5. The highest BCUT2D eigenvalue weighted by molar-refractivity contribution is 6.30. The van der Waals surface area contributed by atoms with Gasteiger partial charge in [-0.1, -0.05) is 29.8 Å². The molecule has 2 aromatic carbocycles. The number of primary amides is 1. The molecule has 0 aliphatic carbocycles. The summed E-state index contributed by atoms with van der Waals surface area (Å²) in [6.45, 7) is -0.159. The van der Waals surface area contributed by atoms with E-state index in [0.29, 0.717) is 22.1 Å². The van der Waals surface area contributed by atoms with Crippen molar-refractivity contribution < 1.29 is 23.9 Å². The van der Waals surface area contributed by atoms with E-state index in [9.17, 15) is 14.4 Å². The number of carbonyl (C=O) groups excluding carboxylic acids is 3. The van der Waals surface area contributed by atoms with E-state index in [1.165, 1.54) is 13.2 Å². The lowest BCUT2D eigenvalue weighted by atomic mass is 10.1. The topological polar surface area (TPSA) is 111 Å². The van der Waals surface area contributed by atoms with Gasteiger partial charge in [0.25, 0.3) is 11.8 Å². The van der Waals surface area contributed by atoms with Crippen molar-refractivity contribution in [3.63, 3.8) is 0 Å². The van der Waals surface area contributed by atoms with Gasteiger partial charge in [-0.3, -0.25) is 14.5 Å². The predicted octanol–water partition coefficient (Wildman–Crippen LogP) is 2.31. The molecule has 0 radical (unpaired) electrons. The van der Waals surface area contributed by atoms with Crippen molar-refractivity contribution in [2.24, 2.45) is 5.73 Å². The third-order valence-corrected chi connectivity index (χ3v) is 4.34. The number of nitrogens with two attached hydrogens (primary N) is 1. The van der Waals surface area contributed by atoms with Crippen LogP contribution in [-0.2, 0) is 16.1 Å². The Balaban J connectivity index is 1.78. The van der Waals surface area contributed by atoms with Crippen LogP contribution in [0.3, 0.4) is 0 Å². The lowest BCUT2D eigenvalue weighted by molar-refractivity contribution is -0.123. The largest absolute Gasteiger partial charge is 0.493 e. The predicted molar refractivity (Wildman–Crippen MR) is 106 cm³/mol. The standard InChI is InChI=1S/C20H18ClN3O5/c1-28-17-9-13(4-7-16(17)29-11-18(22)25)8-15-19(26)24(20(27)23-15)10-12-2-5-14(21)6-3-12/h2-9H,10-11H2,1H3,(H2,22,25)(H,23,27)/b15-8-. The number of rotatable bonds is 7. The molecule has 1 heterocycles. The molecule has 0 atom stereocenters. The van der Waals surface area contributed by atoms with Crippen molar-refractivity contribution in [2.45, 2.75) is 6.54 Å². The van der Waals surface area contributed by atoms with E-state index >= 15 is 0 Å². The van der Waals surface area contributed by atoms with Gasteiger partial charge in [-0.25, -0.2) is 4.79 Å². The smallest absolute Gasteiger partial charge is 0.329 e. The molecule has 3 N–H and O–H groups in total. The summed E-state index contributed by atoms with van der Waals surface area (Å²) in [6, 6.07) is 11.2. The number of benzene rings is 2. The molecule has 1 fully saturated rings. The third kappa shape index (κ3) is 4.85. The zero-order chi connectivity index (χ0) is 21.0. The fraction of sp³-hybridized carbons (Fsp3) is 0.150. The normalized spacial score (nSPS) is 14.8. The Morgan fingerprint density at radius 1 is 1.17 bits per heavy atom. The van der Waals surface area contributed by atoms with Gasteiger partial charge in [0, 0.05) is 5.02 Å². The zero-order valence-corrected chi connectivity index (χ0v) is 16.2. The zero-order valence-electron chi connectivity index (χ0n) is 15.5. The molecule has 1 aliphatic heterocycles. The second-order valence-corrected chi connectivity index (χ2v) is 6.61. The van der Waals surface area contributed by atoms with Crippen LogP contribution in [0.15, 0.2) is 48.2 Å². The van der Waals surface area contributed by atoms with Crippen molar-refractivity contribution in [3.05, 3.63) is 64.3 Å². The van der Waals surface area contributed by atoms with Crippen LogP contribution in [0.1, 0.15) is 11.1 Å². The van der Waals surface area contributed by atoms with Crippen LogP contribution < -0.4 is 20.5 Å². The van der Waals surface area contributed by atoms with Crippen LogP contribution in [0.2, 0.25) is 5.02 Å². The highest BCUT2D eigenvalue weighted by Crippen LogP contribution is 2.29. The number of carbonyl (C=O) groups is 3. The van der Waals surface area contributed by atoms with E-state index < -0.39 is 17.8 Å². The molecule has 8 nitrogen and oxygen atoms in total. The molecule has 2 aromatic rings. The van der Waals surface area contributed by atoms with Crippen LogP contribution in [0.5, 0.6) is 11.5 Å². The SMILES string of the molecule is COc1cc(/C=C2\NC(=O)N(Cc3ccc(Cl)cc3)C2=O)ccc1OCC(N)=O. The van der Waals surface area contributed by atoms with Crippen LogP contribution in [0.4, 0.5) is 4.79 Å². The van der Waals surface area contributed by atoms with Crippen molar-refractivity contribution in [1.82, 2.24) is 10.2 Å². The summed E-state index contributed by atoms with van der Waals surface area (Å²) in [6.07, 6.45) is 1.53. The van der Waals surface area contributed by atoms with Gasteiger partial charge in [0.2, 0.25) is 0 Å². The minimum Gasteiger partial charge on any atom is -0.493 e. The maximum atomic E-state index is 12.6. The summed E-state index contributed by atoms with van der Waals surface area (Å²) in [5.74, 6) is -0.369. The Morgan fingerprint density at radius 3 is 2.55 bits per heavy atom. The fourth-order valence-corrected chi connectivity index (χ4v) is 2.82. The number of halogens is 1. The van der Waals surface area contributed by atoms with Gasteiger partial charge in [0.1, 0.15) is 5.70 Å². The maximum Gasteiger partial charge on any atom is 0.329 e. The molecule has 3 rings (SSSR count). The Hall–Kier alpha value is -3.52. The summed E-state index contributed by atoms with van der Waals surface area (Å²) in [7, 11) is 1.44. The Bertz CT molecular complexity index is 988. The molecule has 150 valence electrons. The van der Waals surface area contributed by atoms with Crippen LogP contribution in [-0.4, -0.2) is 36.5 Å². The number of hydrogen-bond acceptors (Lipinski definition) is 5. The third-order valence-electron chi connectivity index (χ3n) is 4.08. The average Bonchev–Trinajstić information content (AvgIpc) is 2.95. The number of hydrogen-bond donors (Lipinski definition) is 2. The van der Waals surface area contributed by atoms with Crippen LogP contribution in [0.25, 0.3) is 6.08 Å². The summed E-state index contributed by atoms with van der Waals surface area (Å²) in [4.78, 5) is 36.8. The van der Waals surface area contributed by atoms with Gasteiger partial charge in [0.15, 0.2) is 18.1 Å². The summed E-state index contributed by atoms with van der Waals surface area (Å²) < 4.78 is 10.5. The van der Waals surface area contributed by atoms with Crippen LogP contribution >= 0.6 is 11.6 Å². The van der Waals surface area contributed by atoms with Gasteiger partial charge >= 0.3 is 6.03 Å². The fourth-order valence-electron chi connectivity index (χ4n) is 2.70. The average molecular weight is 416 g/mol. The first-order valence-corrected chi connectivity index (χ1v) is 8.93. The van der Waals surface area contributed by atoms with Crippen molar-refractivity contribution in [2.75, 3.05) is 13.7 Å². The number of nitrogens with one attached hydrogen (secondary N) is 1. The lowest BCUT2D eigenvalue weighted by Crippen LogP contribution is -2.30. The molecule has 1 saturated heterocycles. The van der Waals surface area contributed by atoms with E-state index in [1.54, 1.807) is 42.5 Å². The van der Waals surface area contributed by atoms with Crippen LogP contribution in [0, 0.1) is 0 Å². The molecule has 0 spiro atoms. The number of nitrogens with zero attached hydrogens (tertiary/aromatic N) is 1. The molecule has 1 aliphatic rings. The minimum atomic E-state index is -0.613. The van der Waals surface area contributed by atoms with Gasteiger partial charge in [-0.15, -0.1) is 0 Å². The highest BCUT2D eigenvalue weighted by Gasteiger charge is 2.33. The summed E-state index contributed by atoms with van der Waals surface area (Å²) in [5, 5.41) is 3.14. The first-order valence-electron chi connectivity index (χ1n) is 8.55. The summed E-state index contributed by atoms with van der Waals surface area (Å²) in [5.41, 5.74) is 6.58. The number of ether oxygens (including phenoxy) is 2. The quantitative estimate of drug-likeness (QED) is 0.532. The molecule has 0 unspecified atom stereocenters. The molecule has 9 heteroatoms. The van der Waals surface area contributed by atoms with E-state index in [-0.39, 0.29) is 18.8 Å². The number of urea groups is 1. The van der Waals surface area contributed by atoms with E-state index in [1.807, 2.05) is 0 Å². The van der Waals surface area contributed by atoms with Gasteiger partial charge in [0.05, 0.1) is 13.7 Å². The molecule has 4 amide bonds. The minimum absolute atomic E-state index is 0.127. The number of methoxy groups -OCH3 is 1. The summed E-state index contributed by atoms with van der Waals surface area (Å²) >= 11 is 5.86. The van der Waals surface area contributed by atoms with E-state index in [0.717, 1.165) is 10.5 Å². The van der Waals surface area contributed by atoms with Gasteiger partial charge in [-0.2, -0.15) is 0 Å². The molecular formula is C20H18ClN3O5. The molecule has 29 heavy (non-hydrogen) atoms. The Morgan fingerprint density at radius 2 is 1.90 bits per heavy atom. The molecule has 0 bridgehead atoms. The van der Waals surface area contributed by atoms with Gasteiger partial charge < -0.3 is 20.5 Å². The second-order valence-electron chi connectivity index (χ2n) is 6.17. The first-order chi connectivity index (χ1) is 13.9. The van der Waals surface area contributed by atoms with Gasteiger partial charge in [-0.05, 0) is 41.5 Å². The number of imide groups is 1.